The maximum atomic E-state index is 12.7. The molecule has 2 aromatic heterocycles. The molecule has 1 amide bonds. The number of hydrogen-bond acceptors (Lipinski definition) is 6. The van der Waals surface area contributed by atoms with E-state index in [9.17, 15) is 9.18 Å². The van der Waals surface area contributed by atoms with E-state index in [2.05, 4.69) is 25.6 Å². The predicted molar refractivity (Wildman–Crippen MR) is 117 cm³/mol. The van der Waals surface area contributed by atoms with Gasteiger partial charge in [-0.05, 0) is 47.5 Å². The molecule has 31 heavy (non-hydrogen) atoms. The number of amides is 1. The second-order valence-corrected chi connectivity index (χ2v) is 6.71. The smallest absolute Gasteiger partial charge is 0.249 e. The van der Waals surface area contributed by atoms with E-state index in [1.165, 1.54) is 18.3 Å². The minimum Gasteiger partial charge on any atom is -0.457 e. The Balaban J connectivity index is 1.41. The lowest BCUT2D eigenvalue weighted by Crippen LogP contribution is -2.20. The number of amidine groups is 1. The van der Waals surface area contributed by atoms with Crippen LogP contribution in [0.3, 0.4) is 0 Å². The number of nitrogens with one attached hydrogen (secondary N) is 2. The molecule has 0 unspecified atom stereocenters. The van der Waals surface area contributed by atoms with Gasteiger partial charge in [0.15, 0.2) is 0 Å². The van der Waals surface area contributed by atoms with Crippen LogP contribution >= 0.6 is 0 Å². The summed E-state index contributed by atoms with van der Waals surface area (Å²) in [7, 11) is 0. The zero-order valence-corrected chi connectivity index (χ0v) is 16.6. The summed E-state index contributed by atoms with van der Waals surface area (Å²) in [5, 5.41) is 5.80. The highest BCUT2D eigenvalue weighted by atomic mass is 19.1. The number of nitrogens with zero attached hydrogens (tertiary/aromatic N) is 3. The first-order valence-electron chi connectivity index (χ1n) is 9.72. The van der Waals surface area contributed by atoms with Gasteiger partial charge in [0.25, 0.3) is 0 Å². The number of carbonyl (C=O) groups excluding carboxylic acids is 1. The fourth-order valence-corrected chi connectivity index (χ4v) is 2.96. The molecule has 4 rings (SSSR count). The minimum atomic E-state index is -0.613. The van der Waals surface area contributed by atoms with Crippen molar-refractivity contribution in [3.8, 4) is 11.5 Å². The summed E-state index contributed by atoms with van der Waals surface area (Å²) in [5.74, 6) is 1.97. The van der Waals surface area contributed by atoms with Crippen LogP contribution < -0.4 is 15.4 Å². The Hall–Kier alpha value is -4.07. The Kier molecular flexibility index (Phi) is 6.27. The third-order valence-corrected chi connectivity index (χ3v) is 4.40. The van der Waals surface area contributed by atoms with Crippen molar-refractivity contribution in [3.05, 3.63) is 83.8 Å². The number of pyridine rings is 2. The van der Waals surface area contributed by atoms with Gasteiger partial charge in [-0.3, -0.25) is 14.8 Å². The van der Waals surface area contributed by atoms with E-state index in [1.54, 1.807) is 24.4 Å². The van der Waals surface area contributed by atoms with Crippen molar-refractivity contribution >= 4 is 23.6 Å². The topological polar surface area (TPSA) is 88.5 Å². The van der Waals surface area contributed by atoms with Crippen molar-refractivity contribution in [2.24, 2.45) is 4.99 Å². The van der Waals surface area contributed by atoms with E-state index < -0.39 is 6.67 Å². The van der Waals surface area contributed by atoms with Gasteiger partial charge in [0.05, 0.1) is 6.54 Å². The third-order valence-electron chi connectivity index (χ3n) is 4.40. The number of ether oxygens (including phenoxy) is 1. The van der Waals surface area contributed by atoms with E-state index in [0.29, 0.717) is 22.9 Å². The second kappa shape index (κ2) is 9.62. The van der Waals surface area contributed by atoms with Gasteiger partial charge in [-0.25, -0.2) is 9.37 Å². The number of hydrogen-bond donors (Lipinski definition) is 2. The fraction of sp³-hybridized carbons (Fsp3) is 0.130. The van der Waals surface area contributed by atoms with Crippen molar-refractivity contribution in [2.45, 2.75) is 6.67 Å². The predicted octanol–water partition coefficient (Wildman–Crippen LogP) is 3.74. The van der Waals surface area contributed by atoms with Gasteiger partial charge >= 0.3 is 0 Å². The molecule has 3 aromatic rings. The maximum absolute atomic E-state index is 12.7. The first-order valence-corrected chi connectivity index (χ1v) is 9.72. The summed E-state index contributed by atoms with van der Waals surface area (Å²) in [6, 6.07) is 14.0. The molecule has 0 saturated heterocycles. The third kappa shape index (κ3) is 5.51. The SMILES string of the molecule is O=C(/C=C/c1cccc(Oc2ccnc(C3=NCCN3)c2)c1)Nc1cc(CF)ccn1. The van der Waals surface area contributed by atoms with Crippen LogP contribution in [0.4, 0.5) is 10.2 Å². The molecule has 0 radical (unpaired) electrons. The lowest BCUT2D eigenvalue weighted by atomic mass is 10.2. The van der Waals surface area contributed by atoms with E-state index in [4.69, 9.17) is 4.74 Å². The van der Waals surface area contributed by atoms with Crippen LogP contribution in [0.2, 0.25) is 0 Å². The van der Waals surface area contributed by atoms with E-state index in [1.807, 2.05) is 30.3 Å². The van der Waals surface area contributed by atoms with Crippen LogP contribution in [0.25, 0.3) is 6.08 Å². The molecule has 156 valence electrons. The van der Waals surface area contributed by atoms with Gasteiger partial charge in [0, 0.05) is 31.1 Å². The lowest BCUT2D eigenvalue weighted by Gasteiger charge is -2.08. The van der Waals surface area contributed by atoms with Crippen molar-refractivity contribution in [1.29, 1.82) is 0 Å². The normalized spacial score (nSPS) is 13.0. The summed E-state index contributed by atoms with van der Waals surface area (Å²) in [4.78, 5) is 24.8. The molecule has 1 aromatic carbocycles. The minimum absolute atomic E-state index is 0.303. The quantitative estimate of drug-likeness (QED) is 0.572. The van der Waals surface area contributed by atoms with Crippen LogP contribution in [-0.4, -0.2) is 34.8 Å². The number of aliphatic imine (C=N–C) groups is 1. The van der Waals surface area contributed by atoms with Crippen molar-refractivity contribution in [3.63, 3.8) is 0 Å². The Morgan fingerprint density at radius 3 is 2.84 bits per heavy atom. The highest BCUT2D eigenvalue weighted by Gasteiger charge is 2.10. The van der Waals surface area contributed by atoms with E-state index in [0.717, 1.165) is 30.2 Å². The zero-order chi connectivity index (χ0) is 21.5. The number of halogens is 1. The molecular formula is C23H20FN5O2. The molecule has 1 aliphatic rings. The summed E-state index contributed by atoms with van der Waals surface area (Å²) >= 11 is 0. The van der Waals surface area contributed by atoms with Crippen molar-refractivity contribution in [1.82, 2.24) is 15.3 Å². The highest BCUT2D eigenvalue weighted by Crippen LogP contribution is 2.23. The molecule has 0 aliphatic carbocycles. The van der Waals surface area contributed by atoms with Gasteiger partial charge in [0.1, 0.15) is 35.5 Å². The molecule has 0 saturated carbocycles. The first-order chi connectivity index (χ1) is 15.2. The number of carbonyl (C=O) groups is 1. The Bertz CT molecular complexity index is 1150. The summed E-state index contributed by atoms with van der Waals surface area (Å²) in [6.45, 7) is 0.931. The number of anilines is 1. The summed E-state index contributed by atoms with van der Waals surface area (Å²) in [6.07, 6.45) is 6.18. The van der Waals surface area contributed by atoms with Crippen molar-refractivity contribution in [2.75, 3.05) is 18.4 Å². The first kappa shape index (κ1) is 20.2. The maximum Gasteiger partial charge on any atom is 0.249 e. The molecule has 0 spiro atoms. The van der Waals surface area contributed by atoms with Crippen LogP contribution in [0.15, 0.2) is 72.0 Å². The van der Waals surface area contributed by atoms with Crippen molar-refractivity contribution < 1.29 is 13.9 Å². The summed E-state index contributed by atoms with van der Waals surface area (Å²) < 4.78 is 18.7. The van der Waals surface area contributed by atoms with Crippen LogP contribution in [0, 0.1) is 0 Å². The molecule has 7 nitrogen and oxygen atoms in total. The molecule has 0 bridgehead atoms. The number of rotatable bonds is 7. The Morgan fingerprint density at radius 1 is 1.13 bits per heavy atom. The average molecular weight is 417 g/mol. The monoisotopic (exact) mass is 417 g/mol. The Labute approximate surface area is 178 Å². The average Bonchev–Trinajstić information content (AvgIpc) is 3.33. The number of benzene rings is 1. The zero-order valence-electron chi connectivity index (χ0n) is 16.6. The molecule has 3 heterocycles. The molecule has 0 fully saturated rings. The van der Waals surface area contributed by atoms with Gasteiger partial charge in [-0.1, -0.05) is 12.1 Å². The van der Waals surface area contributed by atoms with E-state index >= 15 is 0 Å². The van der Waals surface area contributed by atoms with Crippen LogP contribution in [0.5, 0.6) is 11.5 Å². The summed E-state index contributed by atoms with van der Waals surface area (Å²) in [5.41, 5.74) is 1.97. The van der Waals surface area contributed by atoms with Gasteiger partial charge < -0.3 is 15.4 Å². The second-order valence-electron chi connectivity index (χ2n) is 6.71. The van der Waals surface area contributed by atoms with Gasteiger partial charge in [0.2, 0.25) is 5.91 Å². The Morgan fingerprint density at radius 2 is 2.00 bits per heavy atom. The van der Waals surface area contributed by atoms with E-state index in [-0.39, 0.29) is 5.91 Å². The van der Waals surface area contributed by atoms with Crippen LogP contribution in [0.1, 0.15) is 16.8 Å². The largest absolute Gasteiger partial charge is 0.457 e. The number of aromatic nitrogens is 2. The van der Waals surface area contributed by atoms with Gasteiger partial charge in [-0.2, -0.15) is 0 Å². The fourth-order valence-electron chi connectivity index (χ4n) is 2.96. The number of alkyl halides is 1. The molecule has 0 atom stereocenters. The molecule has 8 heteroatoms. The lowest BCUT2D eigenvalue weighted by molar-refractivity contribution is -0.111. The molecule has 1 aliphatic heterocycles. The van der Waals surface area contributed by atoms with Gasteiger partial charge in [-0.15, -0.1) is 0 Å². The molecule has 2 N–H and O–H groups in total. The van der Waals surface area contributed by atoms with Crippen LogP contribution in [-0.2, 0) is 11.5 Å². The molecular weight excluding hydrogens is 397 g/mol. The standard InChI is InChI=1S/C23H20FN5O2/c24-15-17-6-8-26-21(13-17)29-22(30)5-4-16-2-1-3-18(12-16)31-19-7-9-25-20(14-19)23-27-10-11-28-23/h1-9,12-14H,10-11,15H2,(H,27,28)(H,26,29,30)/b5-4+. The highest BCUT2D eigenvalue weighted by molar-refractivity contribution is 6.01.